The standard InChI is InChI=1S/C58H100NO7P/c1-6-8-10-12-14-16-18-20-22-24-26-28-29-30-31-32-33-35-37-39-41-43-45-47-49-51-58(60)66-57(56-65-67(61,62)64-54-52-59(3,4)5)55-63-53-50-48-46-44-42-40-38-36-34-27-25-23-21-19-17-15-13-11-9-7-2/h9,11,15,17-18,20-21,23-24,26-27,29-30,34,38,40,44,46,57H,6-8,10,12-14,16,19,22,25,28,31-33,35-37,39,41-43,45,47-56H2,1-5H3/b11-9-,17-15-,20-18-,23-21-,26-24-,30-29-,34-27-,40-38-,46-44-. The largest absolute Gasteiger partial charge is 0.756 e. The lowest BCUT2D eigenvalue weighted by atomic mass is 10.0. The Balaban J connectivity index is 4.24. The summed E-state index contributed by atoms with van der Waals surface area (Å²) in [5.74, 6) is -0.361. The molecule has 0 aromatic rings. The predicted molar refractivity (Wildman–Crippen MR) is 286 cm³/mol. The molecule has 0 saturated carbocycles. The van der Waals surface area contributed by atoms with Crippen molar-refractivity contribution >= 4 is 13.8 Å². The number of allylic oxidation sites excluding steroid dienone is 18. The van der Waals surface area contributed by atoms with Crippen LogP contribution in [0.3, 0.4) is 0 Å². The van der Waals surface area contributed by atoms with Gasteiger partial charge in [-0.1, -0.05) is 200 Å². The SMILES string of the molecule is CC/C=C\C/C=C\C/C=C\C/C=C\C/C=C\C/C=C\CCCOCC(COP(=O)([O-])OCC[N+](C)(C)C)OC(=O)CCCCCCCCCCCC/C=C\C/C=C\C/C=C\CCCCCCC. The minimum atomic E-state index is -4.56. The predicted octanol–water partition coefficient (Wildman–Crippen LogP) is 16.1. The average Bonchev–Trinajstić information content (AvgIpc) is 3.29. The third-order valence-electron chi connectivity index (χ3n) is 10.8. The molecule has 2 unspecified atom stereocenters. The van der Waals surface area contributed by atoms with Crippen LogP contribution in [0.1, 0.15) is 194 Å². The van der Waals surface area contributed by atoms with Crippen molar-refractivity contribution in [3.05, 3.63) is 109 Å². The maximum Gasteiger partial charge on any atom is 0.306 e. The van der Waals surface area contributed by atoms with Crippen LogP contribution < -0.4 is 4.89 Å². The molecule has 0 aromatic carbocycles. The number of hydrogen-bond acceptors (Lipinski definition) is 7. The summed E-state index contributed by atoms with van der Waals surface area (Å²) in [6.07, 6.45) is 69.9. The maximum atomic E-state index is 12.8. The number of likely N-dealkylation sites (N-methyl/N-ethyl adjacent to an activating group) is 1. The maximum absolute atomic E-state index is 12.8. The molecule has 0 saturated heterocycles. The molecule has 0 heterocycles. The first-order chi connectivity index (χ1) is 32.6. The Bertz CT molecular complexity index is 1430. The lowest BCUT2D eigenvalue weighted by Gasteiger charge is -2.28. The molecule has 384 valence electrons. The van der Waals surface area contributed by atoms with Crippen molar-refractivity contribution < 1.29 is 37.3 Å². The Morgan fingerprint density at radius 2 is 0.866 bits per heavy atom. The van der Waals surface area contributed by atoms with Gasteiger partial charge >= 0.3 is 5.97 Å². The van der Waals surface area contributed by atoms with E-state index in [0.717, 1.165) is 83.5 Å². The molecule has 67 heavy (non-hydrogen) atoms. The highest BCUT2D eigenvalue weighted by molar-refractivity contribution is 7.45. The van der Waals surface area contributed by atoms with Crippen molar-refractivity contribution in [3.63, 3.8) is 0 Å². The van der Waals surface area contributed by atoms with Crippen molar-refractivity contribution in [1.29, 1.82) is 0 Å². The monoisotopic (exact) mass is 954 g/mol. The zero-order chi connectivity index (χ0) is 49.0. The number of rotatable bonds is 48. The van der Waals surface area contributed by atoms with Gasteiger partial charge in [0.1, 0.15) is 19.3 Å². The van der Waals surface area contributed by atoms with Crippen molar-refractivity contribution in [3.8, 4) is 0 Å². The van der Waals surface area contributed by atoms with Gasteiger partial charge < -0.3 is 27.9 Å². The number of carbonyl (C=O) groups excluding carboxylic acids is 1. The van der Waals surface area contributed by atoms with E-state index in [0.29, 0.717) is 17.6 Å². The number of nitrogens with zero attached hydrogens (tertiary/aromatic N) is 1. The Kier molecular flexibility index (Phi) is 47.5. The molecular formula is C58H100NO7P. The highest BCUT2D eigenvalue weighted by atomic mass is 31.2. The number of phosphoric ester groups is 1. The molecule has 0 bridgehead atoms. The molecule has 0 aliphatic heterocycles. The zero-order valence-corrected chi connectivity index (χ0v) is 44.5. The van der Waals surface area contributed by atoms with Crippen LogP contribution in [-0.4, -0.2) is 70.7 Å². The van der Waals surface area contributed by atoms with Gasteiger partial charge in [-0.25, -0.2) is 0 Å². The number of phosphoric acid groups is 1. The van der Waals surface area contributed by atoms with Gasteiger partial charge in [-0.3, -0.25) is 9.36 Å². The molecule has 0 aliphatic carbocycles. The summed E-state index contributed by atoms with van der Waals surface area (Å²) in [6.45, 7) is 5.11. The minimum absolute atomic E-state index is 0.00815. The molecule has 0 fully saturated rings. The summed E-state index contributed by atoms with van der Waals surface area (Å²) in [5, 5.41) is 0. The first kappa shape index (κ1) is 64.2. The molecule has 0 N–H and O–H groups in total. The van der Waals surface area contributed by atoms with Crippen LogP contribution in [0, 0.1) is 0 Å². The number of carbonyl (C=O) groups is 1. The van der Waals surface area contributed by atoms with Gasteiger partial charge in [-0.2, -0.15) is 0 Å². The van der Waals surface area contributed by atoms with E-state index in [-0.39, 0.29) is 32.2 Å². The highest BCUT2D eigenvalue weighted by Gasteiger charge is 2.20. The zero-order valence-electron chi connectivity index (χ0n) is 43.6. The quantitative estimate of drug-likeness (QED) is 0.0197. The number of quaternary nitrogens is 1. The minimum Gasteiger partial charge on any atom is -0.756 e. The molecule has 0 rings (SSSR count). The van der Waals surface area contributed by atoms with Gasteiger partial charge in [0.2, 0.25) is 0 Å². The molecule has 0 aromatic heterocycles. The molecule has 0 amide bonds. The molecule has 0 radical (unpaired) electrons. The topological polar surface area (TPSA) is 94.1 Å². The fourth-order valence-corrected chi connectivity index (χ4v) is 7.47. The Morgan fingerprint density at radius 1 is 0.478 bits per heavy atom. The molecule has 9 heteroatoms. The first-order valence-electron chi connectivity index (χ1n) is 26.6. The molecule has 2 atom stereocenters. The second-order valence-electron chi connectivity index (χ2n) is 18.5. The lowest BCUT2D eigenvalue weighted by Crippen LogP contribution is -2.37. The summed E-state index contributed by atoms with van der Waals surface area (Å²) >= 11 is 0. The van der Waals surface area contributed by atoms with Crippen LogP contribution in [0.2, 0.25) is 0 Å². The number of esters is 1. The van der Waals surface area contributed by atoms with Crippen molar-refractivity contribution in [2.45, 2.75) is 200 Å². The lowest BCUT2D eigenvalue weighted by molar-refractivity contribution is -0.870. The smallest absolute Gasteiger partial charge is 0.306 e. The van der Waals surface area contributed by atoms with Crippen molar-refractivity contribution in [1.82, 2.24) is 0 Å². The van der Waals surface area contributed by atoms with Crippen LogP contribution >= 0.6 is 7.82 Å². The van der Waals surface area contributed by atoms with E-state index in [1.54, 1.807) is 0 Å². The Hall–Kier alpha value is -2.84. The van der Waals surface area contributed by atoms with E-state index in [4.69, 9.17) is 18.5 Å². The fraction of sp³-hybridized carbons (Fsp3) is 0.672. The van der Waals surface area contributed by atoms with E-state index >= 15 is 0 Å². The van der Waals surface area contributed by atoms with Crippen LogP contribution in [0.25, 0.3) is 0 Å². The third kappa shape index (κ3) is 54.0. The van der Waals surface area contributed by atoms with Crippen LogP contribution in [-0.2, 0) is 27.9 Å². The van der Waals surface area contributed by atoms with Gasteiger partial charge in [0.05, 0.1) is 34.4 Å². The molecule has 0 spiro atoms. The summed E-state index contributed by atoms with van der Waals surface area (Å²) in [6, 6.07) is 0. The van der Waals surface area contributed by atoms with E-state index in [2.05, 4.69) is 123 Å². The summed E-state index contributed by atoms with van der Waals surface area (Å²) in [5.41, 5.74) is 0. The van der Waals surface area contributed by atoms with Gasteiger partial charge in [0.15, 0.2) is 0 Å². The summed E-state index contributed by atoms with van der Waals surface area (Å²) in [4.78, 5) is 25.2. The average molecular weight is 954 g/mol. The van der Waals surface area contributed by atoms with E-state index in [1.807, 2.05) is 21.1 Å². The van der Waals surface area contributed by atoms with Gasteiger partial charge in [-0.15, -0.1) is 0 Å². The number of ether oxygens (including phenoxy) is 2. The molecule has 0 aliphatic rings. The Morgan fingerprint density at radius 3 is 1.30 bits per heavy atom. The fourth-order valence-electron chi connectivity index (χ4n) is 6.75. The van der Waals surface area contributed by atoms with Gasteiger partial charge in [0, 0.05) is 13.0 Å². The van der Waals surface area contributed by atoms with Crippen LogP contribution in [0.5, 0.6) is 0 Å². The van der Waals surface area contributed by atoms with Crippen LogP contribution in [0.15, 0.2) is 109 Å². The van der Waals surface area contributed by atoms with Gasteiger partial charge in [0.25, 0.3) is 7.82 Å². The molecule has 8 nitrogen and oxygen atoms in total. The summed E-state index contributed by atoms with van der Waals surface area (Å²) in [7, 11) is 1.30. The number of hydrogen-bond donors (Lipinski definition) is 0. The van der Waals surface area contributed by atoms with Crippen molar-refractivity contribution in [2.24, 2.45) is 0 Å². The number of unbranched alkanes of at least 4 members (excludes halogenated alkanes) is 16. The van der Waals surface area contributed by atoms with E-state index in [9.17, 15) is 14.3 Å². The van der Waals surface area contributed by atoms with Crippen molar-refractivity contribution in [2.75, 3.05) is 54.1 Å². The summed E-state index contributed by atoms with van der Waals surface area (Å²) < 4.78 is 34.7. The van der Waals surface area contributed by atoms with E-state index < -0.39 is 13.9 Å². The second kappa shape index (κ2) is 49.6. The third-order valence-corrected chi connectivity index (χ3v) is 11.8. The van der Waals surface area contributed by atoms with Gasteiger partial charge in [-0.05, 0) is 96.3 Å². The first-order valence-corrected chi connectivity index (χ1v) is 28.1. The molecular weight excluding hydrogens is 854 g/mol. The van der Waals surface area contributed by atoms with Crippen LogP contribution in [0.4, 0.5) is 0 Å². The highest BCUT2D eigenvalue weighted by Crippen LogP contribution is 2.38. The van der Waals surface area contributed by atoms with E-state index in [1.165, 1.54) is 89.9 Å². The second-order valence-corrected chi connectivity index (χ2v) is 19.9. The Labute approximate surface area is 412 Å². The normalized spacial score (nSPS) is 14.4.